The number of methoxy groups -OCH3 is 2. The Kier molecular flexibility index (Phi) is 8.47. The molecule has 4 rings (SSSR count). The first kappa shape index (κ1) is 31.1. The second-order valence-electron chi connectivity index (χ2n) is 9.57. The van der Waals surface area contributed by atoms with Crippen LogP contribution in [-0.2, 0) is 22.4 Å². The number of sulfonamides is 1. The number of halogens is 6. The van der Waals surface area contributed by atoms with Crippen molar-refractivity contribution >= 4 is 15.7 Å². The van der Waals surface area contributed by atoms with Gasteiger partial charge in [-0.2, -0.15) is 26.3 Å². The Morgan fingerprint density at radius 2 is 1.45 bits per heavy atom. The van der Waals surface area contributed by atoms with Gasteiger partial charge in [0.2, 0.25) is 0 Å². The summed E-state index contributed by atoms with van der Waals surface area (Å²) in [5, 5.41) is 2.99. The van der Waals surface area contributed by atoms with Gasteiger partial charge in [0, 0.05) is 31.2 Å². The predicted octanol–water partition coefficient (Wildman–Crippen LogP) is 6.47. The monoisotopic (exact) mass is 620 g/mol. The zero-order chi connectivity index (χ0) is 30.9. The molecule has 1 heterocycles. The van der Waals surface area contributed by atoms with Crippen molar-refractivity contribution in [3.05, 3.63) is 65.7 Å². The molecular weight excluding hydrogens is 594 g/mol. The van der Waals surface area contributed by atoms with E-state index in [0.29, 0.717) is 37.2 Å². The zero-order valence-corrected chi connectivity index (χ0v) is 23.3. The Hall–Kier alpha value is -3.85. The predicted molar refractivity (Wildman–Crippen MR) is 140 cm³/mol. The second kappa shape index (κ2) is 11.4. The first-order valence-corrected chi connectivity index (χ1v) is 13.8. The van der Waals surface area contributed by atoms with Crippen molar-refractivity contribution in [2.45, 2.75) is 36.2 Å². The SMILES string of the molecule is COc1ccc(Oc2cc(S(=O)(=O)Nc3ccc(C(F)(F)F)c(O[C@]4(C)CCNC4)c3)ccc2C(F)(F)F)cc1OC. The molecular formula is C27H26F6N2O6S. The molecule has 0 unspecified atom stereocenters. The number of nitrogens with one attached hydrogen (secondary N) is 2. The lowest BCUT2D eigenvalue weighted by molar-refractivity contribution is -0.140. The lowest BCUT2D eigenvalue weighted by atomic mass is 10.1. The van der Waals surface area contributed by atoms with Gasteiger partial charge in [0.05, 0.1) is 35.9 Å². The summed E-state index contributed by atoms with van der Waals surface area (Å²) in [6.07, 6.45) is -9.29. The summed E-state index contributed by atoms with van der Waals surface area (Å²) in [6, 6.07) is 8.26. The van der Waals surface area contributed by atoms with E-state index in [4.69, 9.17) is 18.9 Å². The van der Waals surface area contributed by atoms with Crippen LogP contribution in [0, 0.1) is 0 Å². The van der Waals surface area contributed by atoms with Gasteiger partial charge in [-0.05, 0) is 49.9 Å². The lowest BCUT2D eigenvalue weighted by Crippen LogP contribution is -2.35. The van der Waals surface area contributed by atoms with E-state index >= 15 is 0 Å². The summed E-state index contributed by atoms with van der Waals surface area (Å²) in [7, 11) is -1.94. The van der Waals surface area contributed by atoms with Crippen LogP contribution in [0.1, 0.15) is 24.5 Å². The van der Waals surface area contributed by atoms with Crippen LogP contribution in [0.3, 0.4) is 0 Å². The van der Waals surface area contributed by atoms with E-state index in [1.165, 1.54) is 32.4 Å². The Bertz CT molecular complexity index is 1550. The molecule has 8 nitrogen and oxygen atoms in total. The number of anilines is 1. The fourth-order valence-electron chi connectivity index (χ4n) is 4.26. The van der Waals surface area contributed by atoms with Crippen LogP contribution in [0.5, 0.6) is 28.7 Å². The van der Waals surface area contributed by atoms with Gasteiger partial charge in [0.1, 0.15) is 22.8 Å². The van der Waals surface area contributed by atoms with Crippen LogP contribution in [0.2, 0.25) is 0 Å². The van der Waals surface area contributed by atoms with Crippen LogP contribution in [-0.4, -0.2) is 41.3 Å². The number of ether oxygens (including phenoxy) is 4. The van der Waals surface area contributed by atoms with Gasteiger partial charge >= 0.3 is 12.4 Å². The lowest BCUT2D eigenvalue weighted by Gasteiger charge is -2.27. The maximum absolute atomic E-state index is 13.8. The highest BCUT2D eigenvalue weighted by Crippen LogP contribution is 2.42. The third-order valence-electron chi connectivity index (χ3n) is 6.38. The molecule has 42 heavy (non-hydrogen) atoms. The van der Waals surface area contributed by atoms with Crippen molar-refractivity contribution in [2.24, 2.45) is 0 Å². The van der Waals surface area contributed by atoms with Crippen molar-refractivity contribution in [3.63, 3.8) is 0 Å². The van der Waals surface area contributed by atoms with E-state index in [-0.39, 0.29) is 29.5 Å². The summed E-state index contributed by atoms with van der Waals surface area (Å²) >= 11 is 0. The molecule has 0 spiro atoms. The molecule has 1 aliphatic rings. The van der Waals surface area contributed by atoms with Crippen LogP contribution in [0.4, 0.5) is 32.0 Å². The van der Waals surface area contributed by atoms with E-state index in [1.807, 2.05) is 0 Å². The molecule has 0 bridgehead atoms. The first-order chi connectivity index (χ1) is 19.5. The van der Waals surface area contributed by atoms with E-state index in [0.717, 1.165) is 12.1 Å². The number of alkyl halides is 6. The van der Waals surface area contributed by atoms with Crippen LogP contribution >= 0.6 is 0 Å². The Balaban J connectivity index is 1.69. The Labute approximate surface area is 237 Å². The zero-order valence-electron chi connectivity index (χ0n) is 22.4. The standard InChI is InChI=1S/C27H26F6N2O6S/c1-25(10-11-34-15-25)41-23-12-16(4-7-20(23)27(31,32)33)35-42(36,37)18-6-8-19(26(28,29)30)22(14-18)40-17-5-9-21(38-2)24(13-17)39-3/h4-9,12-14,34-35H,10-11,15H2,1-3H3/t25-/m1/s1. The van der Waals surface area contributed by atoms with Crippen molar-refractivity contribution in [1.29, 1.82) is 0 Å². The summed E-state index contributed by atoms with van der Waals surface area (Å²) in [5.74, 6) is -1.12. The Morgan fingerprint density at radius 1 is 0.810 bits per heavy atom. The van der Waals surface area contributed by atoms with E-state index in [1.54, 1.807) is 6.92 Å². The molecule has 0 radical (unpaired) electrons. The molecule has 1 atom stereocenters. The van der Waals surface area contributed by atoms with Crippen molar-refractivity contribution in [3.8, 4) is 28.7 Å². The van der Waals surface area contributed by atoms with Crippen LogP contribution in [0.15, 0.2) is 59.5 Å². The number of rotatable bonds is 9. The number of hydrogen-bond donors (Lipinski definition) is 2. The fourth-order valence-corrected chi connectivity index (χ4v) is 5.33. The van der Waals surface area contributed by atoms with Crippen molar-refractivity contribution in [2.75, 3.05) is 32.0 Å². The highest BCUT2D eigenvalue weighted by atomic mass is 32.2. The summed E-state index contributed by atoms with van der Waals surface area (Å²) < 4.78 is 132. The quantitative estimate of drug-likeness (QED) is 0.265. The smallest absolute Gasteiger partial charge is 0.419 e. The molecule has 1 aliphatic heterocycles. The number of benzene rings is 3. The van der Waals surface area contributed by atoms with Gasteiger partial charge in [0.15, 0.2) is 11.5 Å². The third kappa shape index (κ3) is 6.95. The Morgan fingerprint density at radius 3 is 2.05 bits per heavy atom. The molecule has 0 amide bonds. The van der Waals surface area contributed by atoms with E-state index < -0.39 is 55.5 Å². The molecule has 3 aromatic carbocycles. The normalized spacial score (nSPS) is 17.5. The maximum atomic E-state index is 13.8. The van der Waals surface area contributed by atoms with E-state index in [9.17, 15) is 34.8 Å². The molecule has 1 saturated heterocycles. The minimum Gasteiger partial charge on any atom is -0.493 e. The van der Waals surface area contributed by atoms with Gasteiger partial charge in [0.25, 0.3) is 10.0 Å². The maximum Gasteiger partial charge on any atom is 0.419 e. The van der Waals surface area contributed by atoms with Gasteiger partial charge < -0.3 is 24.3 Å². The average Bonchev–Trinajstić information content (AvgIpc) is 3.32. The fraction of sp³-hybridized carbons (Fsp3) is 0.333. The number of hydrogen-bond acceptors (Lipinski definition) is 7. The summed E-state index contributed by atoms with van der Waals surface area (Å²) in [5.41, 5.74) is -3.64. The van der Waals surface area contributed by atoms with Crippen LogP contribution in [0.25, 0.3) is 0 Å². The second-order valence-corrected chi connectivity index (χ2v) is 11.2. The molecule has 0 saturated carbocycles. The topological polar surface area (TPSA) is 95.1 Å². The molecule has 0 aliphatic carbocycles. The molecule has 15 heteroatoms. The van der Waals surface area contributed by atoms with E-state index in [2.05, 4.69) is 10.0 Å². The van der Waals surface area contributed by atoms with Gasteiger partial charge in [-0.1, -0.05) is 0 Å². The van der Waals surface area contributed by atoms with Crippen molar-refractivity contribution < 1.29 is 53.7 Å². The highest BCUT2D eigenvalue weighted by molar-refractivity contribution is 7.92. The van der Waals surface area contributed by atoms with Gasteiger partial charge in [-0.25, -0.2) is 8.42 Å². The summed E-state index contributed by atoms with van der Waals surface area (Å²) in [6.45, 7) is 2.41. The average molecular weight is 621 g/mol. The van der Waals surface area contributed by atoms with Crippen LogP contribution < -0.4 is 29.0 Å². The molecule has 1 fully saturated rings. The minimum absolute atomic E-state index is 0.111. The highest BCUT2D eigenvalue weighted by Gasteiger charge is 2.39. The summed E-state index contributed by atoms with van der Waals surface area (Å²) in [4.78, 5) is -0.639. The van der Waals surface area contributed by atoms with Gasteiger partial charge in [-0.15, -0.1) is 0 Å². The van der Waals surface area contributed by atoms with Crippen molar-refractivity contribution in [1.82, 2.24) is 5.32 Å². The molecule has 3 aromatic rings. The molecule has 228 valence electrons. The minimum atomic E-state index is -4.91. The first-order valence-electron chi connectivity index (χ1n) is 12.3. The molecule has 2 N–H and O–H groups in total. The third-order valence-corrected chi connectivity index (χ3v) is 7.76. The molecule has 0 aromatic heterocycles. The van der Waals surface area contributed by atoms with Gasteiger partial charge in [-0.3, -0.25) is 4.72 Å². The largest absolute Gasteiger partial charge is 0.493 e.